The zero-order chi connectivity index (χ0) is 16.6. The number of likely N-dealkylation sites (N-methyl/N-ethyl adjacent to an activating group) is 1. The minimum absolute atomic E-state index is 0.149. The highest BCUT2D eigenvalue weighted by Gasteiger charge is 2.48. The molecule has 0 aliphatic carbocycles. The van der Waals surface area contributed by atoms with Crippen molar-refractivity contribution in [3.05, 3.63) is 28.3 Å². The third-order valence-electron chi connectivity index (χ3n) is 3.52. The van der Waals surface area contributed by atoms with E-state index in [1.165, 1.54) is 24.3 Å². The number of aliphatic hydroxyl groups is 1. The average molecular weight is 339 g/mol. The van der Waals surface area contributed by atoms with E-state index in [9.17, 15) is 9.90 Å². The third kappa shape index (κ3) is 2.45. The van der Waals surface area contributed by atoms with Gasteiger partial charge in [-0.15, -0.1) is 0 Å². The summed E-state index contributed by atoms with van der Waals surface area (Å²) in [7, 11) is 1.41. The maximum atomic E-state index is 11.9. The molecule has 3 rings (SSSR count). The zero-order valence-corrected chi connectivity index (χ0v) is 12.5. The van der Waals surface area contributed by atoms with E-state index in [2.05, 4.69) is 30.3 Å². The van der Waals surface area contributed by atoms with Gasteiger partial charge in [0.05, 0.1) is 6.33 Å². The number of amides is 1. The lowest BCUT2D eigenvalue weighted by molar-refractivity contribution is -0.134. The number of azide groups is 1. The summed E-state index contributed by atoms with van der Waals surface area (Å²) in [6.45, 7) is 0. The quantitative estimate of drug-likeness (QED) is 0.352. The van der Waals surface area contributed by atoms with Gasteiger partial charge in [0.25, 0.3) is 0 Å². The smallest absolute Gasteiger partial charge is 0.249 e. The molecule has 0 spiro atoms. The van der Waals surface area contributed by atoms with Crippen LogP contribution in [0, 0.1) is 0 Å². The highest BCUT2D eigenvalue weighted by atomic mass is 35.5. The topological polar surface area (TPSA) is 151 Å². The largest absolute Gasteiger partial charge is 0.388 e. The number of carbonyl (C=O) groups excluding carboxylic acids is 1. The van der Waals surface area contributed by atoms with E-state index in [0.717, 1.165) is 0 Å². The fourth-order valence-corrected chi connectivity index (χ4v) is 2.62. The Morgan fingerprint density at radius 3 is 3.04 bits per heavy atom. The van der Waals surface area contributed by atoms with Crippen LogP contribution >= 0.6 is 11.6 Å². The number of hydrogen-bond donors (Lipinski definition) is 2. The Balaban J connectivity index is 2.03. The van der Waals surface area contributed by atoms with Crippen LogP contribution in [-0.4, -0.2) is 55.8 Å². The van der Waals surface area contributed by atoms with Gasteiger partial charge in [0.15, 0.2) is 17.0 Å². The van der Waals surface area contributed by atoms with E-state index in [1.807, 2.05) is 0 Å². The van der Waals surface area contributed by atoms with E-state index in [4.69, 9.17) is 21.9 Å². The molecule has 0 bridgehead atoms. The molecule has 0 unspecified atom stereocenters. The summed E-state index contributed by atoms with van der Waals surface area (Å²) in [6, 6.07) is -1.08. The van der Waals surface area contributed by atoms with E-state index in [-0.39, 0.29) is 5.15 Å². The van der Waals surface area contributed by atoms with Crippen molar-refractivity contribution < 1.29 is 14.6 Å². The highest BCUT2D eigenvalue weighted by molar-refractivity contribution is 6.33. The number of fused-ring (bicyclic) bond motifs is 1. The maximum Gasteiger partial charge on any atom is 0.249 e. The summed E-state index contributed by atoms with van der Waals surface area (Å²) < 4.78 is 6.99. The number of ether oxygens (including phenoxy) is 1. The summed E-state index contributed by atoms with van der Waals surface area (Å²) in [5.41, 5.74) is 9.30. The van der Waals surface area contributed by atoms with Gasteiger partial charge in [0, 0.05) is 12.0 Å². The first-order chi connectivity index (χ1) is 11.1. The Kier molecular flexibility index (Phi) is 4.01. The van der Waals surface area contributed by atoms with Crippen molar-refractivity contribution in [1.29, 1.82) is 0 Å². The van der Waals surface area contributed by atoms with Crippen LogP contribution in [0.15, 0.2) is 17.8 Å². The molecule has 0 radical (unpaired) electrons. The highest BCUT2D eigenvalue weighted by Crippen LogP contribution is 2.34. The molecule has 2 N–H and O–H groups in total. The number of rotatable bonds is 3. The molecular formula is C11H11ClN8O3. The predicted molar refractivity (Wildman–Crippen MR) is 77.3 cm³/mol. The van der Waals surface area contributed by atoms with Gasteiger partial charge in [0.1, 0.15) is 30.1 Å². The molecule has 2 aromatic rings. The first-order valence-electron chi connectivity index (χ1n) is 6.51. The van der Waals surface area contributed by atoms with Crippen molar-refractivity contribution >= 4 is 28.7 Å². The van der Waals surface area contributed by atoms with Gasteiger partial charge in [-0.05, 0) is 5.53 Å². The summed E-state index contributed by atoms with van der Waals surface area (Å²) in [5.74, 6) is -0.513. The number of hydrogen-bond acceptors (Lipinski definition) is 7. The minimum atomic E-state index is -1.26. The van der Waals surface area contributed by atoms with Crippen LogP contribution in [-0.2, 0) is 9.53 Å². The molecule has 12 heteroatoms. The van der Waals surface area contributed by atoms with Crippen molar-refractivity contribution in [1.82, 2.24) is 24.8 Å². The van der Waals surface area contributed by atoms with Crippen LogP contribution in [0.5, 0.6) is 0 Å². The van der Waals surface area contributed by atoms with Crippen LogP contribution in [0.1, 0.15) is 6.23 Å². The van der Waals surface area contributed by atoms with Crippen LogP contribution in [0.25, 0.3) is 21.6 Å². The number of carbonyl (C=O) groups is 1. The Bertz CT molecular complexity index is 804. The number of nitrogens with one attached hydrogen (secondary N) is 1. The minimum Gasteiger partial charge on any atom is -0.388 e. The van der Waals surface area contributed by atoms with Crippen LogP contribution in [0.2, 0.25) is 5.15 Å². The van der Waals surface area contributed by atoms with Gasteiger partial charge in [-0.1, -0.05) is 16.7 Å². The molecule has 1 amide bonds. The second-order valence-electron chi connectivity index (χ2n) is 4.74. The lowest BCUT2D eigenvalue weighted by Gasteiger charge is -2.16. The lowest BCUT2D eigenvalue weighted by atomic mass is 10.1. The third-order valence-corrected chi connectivity index (χ3v) is 3.79. The normalized spacial score (nSPS) is 26.9. The fraction of sp³-hybridized carbons (Fsp3) is 0.455. The Morgan fingerprint density at radius 2 is 2.35 bits per heavy atom. The summed E-state index contributed by atoms with van der Waals surface area (Å²) >= 11 is 5.93. The average Bonchev–Trinajstić information content (AvgIpc) is 3.10. The van der Waals surface area contributed by atoms with E-state index < -0.39 is 30.4 Å². The number of aromatic nitrogens is 4. The Hall–Kier alpha value is -2.46. The van der Waals surface area contributed by atoms with E-state index >= 15 is 0 Å². The molecule has 1 aliphatic rings. The molecule has 0 saturated carbocycles. The molecule has 11 nitrogen and oxygen atoms in total. The summed E-state index contributed by atoms with van der Waals surface area (Å²) in [6.07, 6.45) is -0.808. The van der Waals surface area contributed by atoms with Gasteiger partial charge in [0.2, 0.25) is 5.91 Å². The molecule has 120 valence electrons. The van der Waals surface area contributed by atoms with Gasteiger partial charge < -0.3 is 15.2 Å². The van der Waals surface area contributed by atoms with Gasteiger partial charge in [-0.2, -0.15) is 0 Å². The first-order valence-corrected chi connectivity index (χ1v) is 6.88. The van der Waals surface area contributed by atoms with Crippen LogP contribution in [0.3, 0.4) is 0 Å². The fourth-order valence-electron chi connectivity index (χ4n) is 2.45. The van der Waals surface area contributed by atoms with Crippen molar-refractivity contribution in [2.45, 2.75) is 24.5 Å². The standard InChI is InChI=1S/C11H11ClN8O3/c1-14-10(22)7-4(18-19-13)6(21)11(23-7)20-3-17-5-8(12)15-2-16-9(5)20/h2-4,6-7,11,21H,1H3,(H,14,22)/t4-,6+,7-,11+/m0/s1. The van der Waals surface area contributed by atoms with Gasteiger partial charge in [-0.25, -0.2) is 15.0 Å². The Morgan fingerprint density at radius 1 is 1.57 bits per heavy atom. The van der Waals surface area contributed by atoms with E-state index in [0.29, 0.717) is 11.2 Å². The summed E-state index contributed by atoms with van der Waals surface area (Å²) in [5, 5.41) is 16.4. The molecular weight excluding hydrogens is 328 g/mol. The second-order valence-corrected chi connectivity index (χ2v) is 5.09. The lowest BCUT2D eigenvalue weighted by Crippen LogP contribution is -2.40. The van der Waals surface area contributed by atoms with Crippen molar-refractivity contribution in [2.75, 3.05) is 7.05 Å². The molecule has 1 saturated heterocycles. The van der Waals surface area contributed by atoms with Crippen LogP contribution in [0.4, 0.5) is 0 Å². The van der Waals surface area contributed by atoms with Crippen molar-refractivity contribution in [2.24, 2.45) is 5.11 Å². The van der Waals surface area contributed by atoms with Crippen LogP contribution < -0.4 is 5.32 Å². The number of imidazole rings is 1. The number of nitrogens with zero attached hydrogens (tertiary/aromatic N) is 7. The molecule has 4 atom stereocenters. The maximum absolute atomic E-state index is 11.9. The number of aliphatic hydroxyl groups excluding tert-OH is 1. The molecule has 2 aromatic heterocycles. The van der Waals surface area contributed by atoms with E-state index in [1.54, 1.807) is 0 Å². The zero-order valence-electron chi connectivity index (χ0n) is 11.7. The molecule has 0 aromatic carbocycles. The Labute approximate surface area is 133 Å². The SMILES string of the molecule is CNC(=O)[C@H]1O[C@@H](n2cnc3c(Cl)ncnc32)[C@H](O)[C@@H]1N=[N+]=[N-]. The molecule has 1 fully saturated rings. The van der Waals surface area contributed by atoms with Crippen molar-refractivity contribution in [3.63, 3.8) is 0 Å². The number of halogens is 1. The molecule has 1 aliphatic heterocycles. The van der Waals surface area contributed by atoms with Crippen molar-refractivity contribution in [3.8, 4) is 0 Å². The predicted octanol–water partition coefficient (Wildman–Crippen LogP) is 0.163. The second kappa shape index (κ2) is 5.97. The molecule has 3 heterocycles. The monoisotopic (exact) mass is 338 g/mol. The first kappa shape index (κ1) is 15.4. The van der Waals surface area contributed by atoms with Gasteiger partial charge in [-0.3, -0.25) is 9.36 Å². The van der Waals surface area contributed by atoms with Gasteiger partial charge >= 0.3 is 0 Å². The summed E-state index contributed by atoms with van der Waals surface area (Å²) in [4.78, 5) is 26.5. The molecule has 23 heavy (non-hydrogen) atoms.